The second-order valence-electron chi connectivity index (χ2n) is 7.81. The average Bonchev–Trinajstić information content (AvgIpc) is 3.38. The van der Waals surface area contributed by atoms with Gasteiger partial charge in [-0.15, -0.1) is 0 Å². The van der Waals surface area contributed by atoms with Gasteiger partial charge < -0.3 is 15.8 Å². The molecule has 36 heavy (non-hydrogen) atoms. The van der Waals surface area contributed by atoms with Gasteiger partial charge in [-0.3, -0.25) is 9.36 Å². The number of hydrogen-bond acceptors (Lipinski definition) is 10. The Kier molecular flexibility index (Phi) is 6.02. The molecule has 2 aromatic carbocycles. The number of fused-ring (bicyclic) bond motifs is 1. The van der Waals surface area contributed by atoms with Crippen molar-refractivity contribution in [2.24, 2.45) is 0 Å². The van der Waals surface area contributed by atoms with E-state index in [1.807, 2.05) is 49.4 Å². The Morgan fingerprint density at radius 1 is 1.11 bits per heavy atom. The Morgan fingerprint density at radius 2 is 1.92 bits per heavy atom. The highest BCUT2D eigenvalue weighted by molar-refractivity contribution is 7.16. The summed E-state index contributed by atoms with van der Waals surface area (Å²) in [6.45, 7) is 1.84. The van der Waals surface area contributed by atoms with Crippen molar-refractivity contribution in [1.29, 1.82) is 5.26 Å². The van der Waals surface area contributed by atoms with E-state index in [0.717, 1.165) is 10.4 Å². The fourth-order valence-electron chi connectivity index (χ4n) is 3.90. The predicted molar refractivity (Wildman–Crippen MR) is 138 cm³/mol. The van der Waals surface area contributed by atoms with Crippen LogP contribution in [0.5, 0.6) is 5.19 Å². The number of anilines is 2. The zero-order valence-electron chi connectivity index (χ0n) is 19.3. The summed E-state index contributed by atoms with van der Waals surface area (Å²) in [5.41, 5.74) is 7.64. The van der Waals surface area contributed by atoms with Crippen molar-refractivity contribution in [3.05, 3.63) is 82.7 Å². The van der Waals surface area contributed by atoms with Crippen molar-refractivity contribution in [2.75, 3.05) is 18.2 Å². The molecule has 0 aliphatic rings. The third-order valence-corrected chi connectivity index (χ3v) is 6.52. The van der Waals surface area contributed by atoms with Crippen molar-refractivity contribution in [3.8, 4) is 27.4 Å². The number of nitrogens with one attached hydrogen (secondary N) is 1. The van der Waals surface area contributed by atoms with Crippen LogP contribution in [0.1, 0.15) is 24.4 Å². The lowest BCUT2D eigenvalue weighted by molar-refractivity contribution is 0.412. The Labute approximate surface area is 209 Å². The van der Waals surface area contributed by atoms with E-state index < -0.39 is 6.04 Å². The lowest BCUT2D eigenvalue weighted by Crippen LogP contribution is -2.28. The van der Waals surface area contributed by atoms with Crippen molar-refractivity contribution in [2.45, 2.75) is 13.0 Å². The molecule has 3 aromatic heterocycles. The van der Waals surface area contributed by atoms with Gasteiger partial charge in [0.15, 0.2) is 0 Å². The second kappa shape index (κ2) is 9.44. The summed E-state index contributed by atoms with van der Waals surface area (Å²) in [5, 5.41) is 13.6. The summed E-state index contributed by atoms with van der Waals surface area (Å²) in [6.07, 6.45) is 3.04. The SMILES string of the molecule is COc1ncc(-c2cccc3nc([C@H](C)Nc4nc(N)ncc4C#N)n(-c4ccccc4)c(=O)c23)s1. The van der Waals surface area contributed by atoms with Gasteiger partial charge in [0.2, 0.25) is 5.95 Å². The van der Waals surface area contributed by atoms with E-state index in [-0.39, 0.29) is 22.9 Å². The van der Waals surface area contributed by atoms with E-state index in [0.29, 0.717) is 27.6 Å². The van der Waals surface area contributed by atoms with Crippen LogP contribution in [0.3, 0.4) is 0 Å². The molecule has 0 amide bonds. The predicted octanol–water partition coefficient (Wildman–Crippen LogP) is 3.93. The van der Waals surface area contributed by atoms with E-state index in [4.69, 9.17) is 15.5 Å². The molecular formula is C25H20N8O2S. The second-order valence-corrected chi connectivity index (χ2v) is 8.80. The maximum atomic E-state index is 14.1. The van der Waals surface area contributed by atoms with E-state index in [9.17, 15) is 10.1 Å². The van der Waals surface area contributed by atoms with Crippen LogP contribution in [0.4, 0.5) is 11.8 Å². The number of ether oxygens (including phenoxy) is 1. The molecule has 11 heteroatoms. The van der Waals surface area contributed by atoms with Crippen LogP contribution in [-0.4, -0.2) is 31.6 Å². The number of methoxy groups -OCH3 is 1. The lowest BCUT2D eigenvalue weighted by atomic mass is 10.1. The van der Waals surface area contributed by atoms with Gasteiger partial charge in [0.25, 0.3) is 10.8 Å². The zero-order valence-corrected chi connectivity index (χ0v) is 20.2. The standard InChI is InChI=1S/C25H20N8O2S/c1-14(30-21-15(11-26)12-28-24(27)32-21)22-31-18-10-6-9-17(19-13-29-25(35-2)36-19)20(18)23(34)33(22)16-7-4-3-5-8-16/h3-10,12-14H,1-2H3,(H3,27,28,30,32)/t14-/m0/s1. The minimum atomic E-state index is -0.518. The van der Waals surface area contributed by atoms with Crippen molar-refractivity contribution >= 4 is 34.0 Å². The van der Waals surface area contributed by atoms with Crippen LogP contribution in [0.15, 0.2) is 65.7 Å². The number of rotatable bonds is 6. The summed E-state index contributed by atoms with van der Waals surface area (Å²) < 4.78 is 6.81. The Bertz CT molecular complexity index is 1670. The van der Waals surface area contributed by atoms with Crippen LogP contribution in [0.2, 0.25) is 0 Å². The molecule has 0 unspecified atom stereocenters. The molecule has 0 fully saturated rings. The fraction of sp³-hybridized carbons (Fsp3) is 0.120. The van der Waals surface area contributed by atoms with Gasteiger partial charge in [0.1, 0.15) is 23.3 Å². The van der Waals surface area contributed by atoms with E-state index in [1.165, 1.54) is 17.5 Å². The highest BCUT2D eigenvalue weighted by atomic mass is 32.1. The van der Waals surface area contributed by atoms with Crippen LogP contribution in [-0.2, 0) is 0 Å². The summed E-state index contributed by atoms with van der Waals surface area (Å²) in [6, 6.07) is 16.3. The van der Waals surface area contributed by atoms with Crippen molar-refractivity contribution < 1.29 is 4.74 Å². The number of benzene rings is 2. The number of thiazole rings is 1. The van der Waals surface area contributed by atoms with E-state index >= 15 is 0 Å². The molecule has 0 radical (unpaired) electrons. The molecule has 3 heterocycles. The summed E-state index contributed by atoms with van der Waals surface area (Å²) in [7, 11) is 1.55. The molecule has 0 saturated heterocycles. The Morgan fingerprint density at radius 3 is 2.64 bits per heavy atom. The first-order valence-corrected chi connectivity index (χ1v) is 11.7. The fourth-order valence-corrected chi connectivity index (χ4v) is 4.67. The monoisotopic (exact) mass is 496 g/mol. The number of nitrogen functional groups attached to an aromatic ring is 1. The van der Waals surface area contributed by atoms with Crippen LogP contribution >= 0.6 is 11.3 Å². The van der Waals surface area contributed by atoms with Gasteiger partial charge in [0.05, 0.1) is 40.8 Å². The number of nitrogens with two attached hydrogens (primary N) is 1. The van der Waals surface area contributed by atoms with Gasteiger partial charge in [-0.2, -0.15) is 10.2 Å². The maximum absolute atomic E-state index is 14.1. The minimum Gasteiger partial charge on any atom is -0.473 e. The smallest absolute Gasteiger partial charge is 0.273 e. The first-order valence-electron chi connectivity index (χ1n) is 10.9. The van der Waals surface area contributed by atoms with E-state index in [1.54, 1.807) is 23.9 Å². The molecule has 0 bridgehead atoms. The molecule has 3 N–H and O–H groups in total. The van der Waals surface area contributed by atoms with Gasteiger partial charge in [0, 0.05) is 11.8 Å². The van der Waals surface area contributed by atoms with Gasteiger partial charge in [-0.05, 0) is 25.1 Å². The highest BCUT2D eigenvalue weighted by Crippen LogP contribution is 2.34. The van der Waals surface area contributed by atoms with Crippen LogP contribution in [0.25, 0.3) is 27.0 Å². The Hall–Kier alpha value is -4.82. The molecular weight excluding hydrogens is 476 g/mol. The molecule has 178 valence electrons. The number of nitrogens with zero attached hydrogens (tertiary/aromatic N) is 6. The van der Waals surface area contributed by atoms with Crippen LogP contribution in [0, 0.1) is 11.3 Å². The summed E-state index contributed by atoms with van der Waals surface area (Å²) >= 11 is 1.35. The zero-order chi connectivity index (χ0) is 25.2. The Balaban J connectivity index is 1.73. The number of aromatic nitrogens is 5. The first kappa shape index (κ1) is 22.9. The van der Waals surface area contributed by atoms with Gasteiger partial charge in [-0.25, -0.2) is 15.0 Å². The lowest BCUT2D eigenvalue weighted by Gasteiger charge is -2.21. The van der Waals surface area contributed by atoms with Crippen LogP contribution < -0.4 is 21.3 Å². The summed E-state index contributed by atoms with van der Waals surface area (Å²) in [4.78, 5) is 32.1. The molecule has 0 aliphatic heterocycles. The topological polar surface area (TPSA) is 145 Å². The minimum absolute atomic E-state index is 0.0280. The van der Waals surface area contributed by atoms with E-state index in [2.05, 4.69) is 26.3 Å². The van der Waals surface area contributed by atoms with Gasteiger partial charge in [-0.1, -0.05) is 41.7 Å². The summed E-state index contributed by atoms with van der Waals surface area (Å²) in [5.74, 6) is 0.732. The van der Waals surface area contributed by atoms with Crippen molar-refractivity contribution in [3.63, 3.8) is 0 Å². The van der Waals surface area contributed by atoms with Crippen molar-refractivity contribution in [1.82, 2.24) is 24.5 Å². The quantitative estimate of drug-likeness (QED) is 0.357. The molecule has 0 spiro atoms. The number of para-hydroxylation sites is 1. The number of hydrogen-bond donors (Lipinski definition) is 2. The van der Waals surface area contributed by atoms with Gasteiger partial charge >= 0.3 is 0 Å². The third-order valence-electron chi connectivity index (χ3n) is 5.53. The highest BCUT2D eigenvalue weighted by Gasteiger charge is 2.22. The molecule has 0 aliphatic carbocycles. The first-order chi connectivity index (χ1) is 17.5. The third kappa shape index (κ3) is 4.10. The molecule has 1 atom stereocenters. The molecule has 10 nitrogen and oxygen atoms in total. The molecule has 5 rings (SSSR count). The average molecular weight is 497 g/mol. The maximum Gasteiger partial charge on any atom is 0.273 e. The largest absolute Gasteiger partial charge is 0.473 e. The normalized spacial score (nSPS) is 11.7. The number of nitriles is 1. The molecule has 0 saturated carbocycles. The molecule has 5 aromatic rings.